The minimum Gasteiger partial charge on any atom is -0.356 e. The van der Waals surface area contributed by atoms with E-state index in [-0.39, 0.29) is 24.0 Å². The number of hydrogen-bond acceptors (Lipinski definition) is 3. The first-order valence-electron chi connectivity index (χ1n) is 11.1. The smallest absolute Gasteiger partial charge is 0.191 e. The fraction of sp³-hybridized carbons (Fsp3) is 0.696. The lowest BCUT2D eigenvalue weighted by molar-refractivity contribution is 0.251. The molecule has 0 aliphatic carbocycles. The summed E-state index contributed by atoms with van der Waals surface area (Å²) >= 11 is 0. The number of halogens is 1. The van der Waals surface area contributed by atoms with Gasteiger partial charge in [-0.1, -0.05) is 38.1 Å². The van der Waals surface area contributed by atoms with E-state index in [0.717, 1.165) is 45.1 Å². The first kappa shape index (κ1) is 26.2. The van der Waals surface area contributed by atoms with Gasteiger partial charge in [-0.25, -0.2) is 0 Å². The highest BCUT2D eigenvalue weighted by molar-refractivity contribution is 14.0. The molecule has 1 aliphatic rings. The Balaban J connectivity index is 0.00000420. The summed E-state index contributed by atoms with van der Waals surface area (Å²) in [5.41, 5.74) is 3.02. The lowest BCUT2D eigenvalue weighted by atomic mass is 10.00. The van der Waals surface area contributed by atoms with E-state index in [1.54, 1.807) is 0 Å². The number of benzene rings is 1. The molecule has 6 heteroatoms. The standard InChI is InChI=1S/C23H41N5.HI/c1-5-27(6-2)16-9-11-20(3)26-23(24-4)25-15-10-17-28-18-14-21-12-7-8-13-22(21)19-28;/h7-8,12-13,20H,5-6,9-11,14-19H2,1-4H3,(H2,24,25,26);1H. The monoisotopic (exact) mass is 515 g/mol. The number of rotatable bonds is 11. The van der Waals surface area contributed by atoms with E-state index in [0.29, 0.717) is 6.04 Å². The van der Waals surface area contributed by atoms with Crippen molar-refractivity contribution in [3.8, 4) is 0 Å². The zero-order chi connectivity index (χ0) is 20.2. The molecule has 0 aromatic heterocycles. The third-order valence-electron chi connectivity index (χ3n) is 5.77. The van der Waals surface area contributed by atoms with Crippen molar-refractivity contribution in [2.24, 2.45) is 4.99 Å². The van der Waals surface area contributed by atoms with Crippen LogP contribution in [0.2, 0.25) is 0 Å². The van der Waals surface area contributed by atoms with Crippen LogP contribution in [0.15, 0.2) is 29.3 Å². The second-order valence-corrected chi connectivity index (χ2v) is 7.86. The molecule has 0 radical (unpaired) electrons. The molecular formula is C23H42IN5. The molecule has 2 N–H and O–H groups in total. The van der Waals surface area contributed by atoms with Crippen LogP contribution >= 0.6 is 24.0 Å². The predicted octanol–water partition coefficient (Wildman–Crippen LogP) is 3.73. The normalized spacial score (nSPS) is 15.6. The molecule has 1 atom stereocenters. The van der Waals surface area contributed by atoms with E-state index >= 15 is 0 Å². The second-order valence-electron chi connectivity index (χ2n) is 7.86. The molecule has 1 aromatic rings. The Morgan fingerprint density at radius 1 is 1.17 bits per heavy atom. The molecule has 0 fully saturated rings. The summed E-state index contributed by atoms with van der Waals surface area (Å²) in [4.78, 5) is 9.44. The van der Waals surface area contributed by atoms with Crippen LogP contribution < -0.4 is 10.6 Å². The highest BCUT2D eigenvalue weighted by Crippen LogP contribution is 2.18. The van der Waals surface area contributed by atoms with Gasteiger partial charge < -0.3 is 15.5 Å². The molecule has 0 spiro atoms. The highest BCUT2D eigenvalue weighted by atomic mass is 127. The Labute approximate surface area is 195 Å². The predicted molar refractivity (Wildman–Crippen MR) is 136 cm³/mol. The largest absolute Gasteiger partial charge is 0.356 e. The summed E-state index contributed by atoms with van der Waals surface area (Å²) in [7, 11) is 1.86. The molecule has 0 saturated heterocycles. The van der Waals surface area contributed by atoms with E-state index < -0.39 is 0 Å². The quantitative estimate of drug-likeness (QED) is 0.204. The van der Waals surface area contributed by atoms with Gasteiger partial charge in [0.05, 0.1) is 0 Å². The van der Waals surface area contributed by atoms with Crippen molar-refractivity contribution < 1.29 is 0 Å². The van der Waals surface area contributed by atoms with Gasteiger partial charge in [0.25, 0.3) is 0 Å². The van der Waals surface area contributed by atoms with Crippen molar-refractivity contribution in [2.75, 3.05) is 46.3 Å². The van der Waals surface area contributed by atoms with Crippen LogP contribution in [0.4, 0.5) is 0 Å². The molecule has 166 valence electrons. The van der Waals surface area contributed by atoms with Gasteiger partial charge in [0.1, 0.15) is 0 Å². The van der Waals surface area contributed by atoms with E-state index in [9.17, 15) is 0 Å². The van der Waals surface area contributed by atoms with Gasteiger partial charge in [0, 0.05) is 39.3 Å². The van der Waals surface area contributed by atoms with Gasteiger partial charge in [-0.2, -0.15) is 0 Å². The van der Waals surface area contributed by atoms with E-state index in [1.165, 1.54) is 43.5 Å². The van der Waals surface area contributed by atoms with Crippen LogP contribution in [-0.2, 0) is 13.0 Å². The first-order valence-corrected chi connectivity index (χ1v) is 11.1. The van der Waals surface area contributed by atoms with Crippen molar-refractivity contribution in [1.82, 2.24) is 20.4 Å². The van der Waals surface area contributed by atoms with E-state index in [4.69, 9.17) is 0 Å². The van der Waals surface area contributed by atoms with Crippen LogP contribution in [0.25, 0.3) is 0 Å². The number of nitrogens with zero attached hydrogens (tertiary/aromatic N) is 3. The van der Waals surface area contributed by atoms with Gasteiger partial charge in [0.2, 0.25) is 0 Å². The van der Waals surface area contributed by atoms with Gasteiger partial charge in [0.15, 0.2) is 5.96 Å². The van der Waals surface area contributed by atoms with E-state index in [2.05, 4.69) is 70.5 Å². The van der Waals surface area contributed by atoms with Crippen molar-refractivity contribution in [3.63, 3.8) is 0 Å². The third kappa shape index (κ3) is 9.66. The Morgan fingerprint density at radius 2 is 1.90 bits per heavy atom. The molecule has 0 bridgehead atoms. The topological polar surface area (TPSA) is 42.9 Å². The van der Waals surface area contributed by atoms with Gasteiger partial charge in [-0.15, -0.1) is 24.0 Å². The average Bonchev–Trinajstić information content (AvgIpc) is 2.73. The summed E-state index contributed by atoms with van der Waals surface area (Å²) in [5.74, 6) is 0.930. The van der Waals surface area contributed by atoms with Gasteiger partial charge in [-0.05, 0) is 63.4 Å². The minimum atomic E-state index is 0. The number of aliphatic imine (C=N–C) groups is 1. The lowest BCUT2D eigenvalue weighted by Crippen LogP contribution is -2.43. The SMILES string of the molecule is CCN(CC)CCCC(C)NC(=NC)NCCCN1CCc2ccccc2C1.I. The second kappa shape index (κ2) is 15.0. The molecular weight excluding hydrogens is 473 g/mol. The average molecular weight is 516 g/mol. The molecule has 0 amide bonds. The van der Waals surface area contributed by atoms with Crippen molar-refractivity contribution >= 4 is 29.9 Å². The Bertz CT molecular complexity index is 588. The number of guanidine groups is 1. The fourth-order valence-electron chi connectivity index (χ4n) is 3.92. The molecule has 1 aromatic carbocycles. The molecule has 1 heterocycles. The summed E-state index contributed by atoms with van der Waals surface area (Å²) in [5, 5.41) is 7.02. The minimum absolute atomic E-state index is 0. The fourth-order valence-corrected chi connectivity index (χ4v) is 3.92. The maximum Gasteiger partial charge on any atom is 0.191 e. The van der Waals surface area contributed by atoms with Crippen molar-refractivity contribution in [2.45, 2.75) is 59.0 Å². The Kier molecular flexibility index (Phi) is 13.6. The van der Waals surface area contributed by atoms with Crippen molar-refractivity contribution in [3.05, 3.63) is 35.4 Å². The van der Waals surface area contributed by atoms with Crippen LogP contribution in [-0.4, -0.2) is 68.1 Å². The summed E-state index contributed by atoms with van der Waals surface area (Å²) in [6.45, 7) is 14.6. The first-order chi connectivity index (χ1) is 13.7. The van der Waals surface area contributed by atoms with Crippen molar-refractivity contribution in [1.29, 1.82) is 0 Å². The maximum absolute atomic E-state index is 4.39. The molecule has 5 nitrogen and oxygen atoms in total. The third-order valence-corrected chi connectivity index (χ3v) is 5.77. The molecule has 1 unspecified atom stereocenters. The van der Waals surface area contributed by atoms with Gasteiger partial charge in [-0.3, -0.25) is 9.89 Å². The number of nitrogens with one attached hydrogen (secondary N) is 2. The Morgan fingerprint density at radius 3 is 2.59 bits per heavy atom. The number of fused-ring (bicyclic) bond motifs is 1. The van der Waals surface area contributed by atoms with Crippen LogP contribution in [0, 0.1) is 0 Å². The molecule has 1 aliphatic heterocycles. The molecule has 29 heavy (non-hydrogen) atoms. The van der Waals surface area contributed by atoms with Crippen LogP contribution in [0.5, 0.6) is 0 Å². The zero-order valence-corrected chi connectivity index (χ0v) is 21.2. The zero-order valence-electron chi connectivity index (χ0n) is 18.9. The van der Waals surface area contributed by atoms with E-state index in [1.807, 2.05) is 7.05 Å². The molecule has 2 rings (SSSR count). The van der Waals surface area contributed by atoms with Gasteiger partial charge >= 0.3 is 0 Å². The number of hydrogen-bond donors (Lipinski definition) is 2. The van der Waals surface area contributed by atoms with Crippen LogP contribution in [0.3, 0.4) is 0 Å². The molecule has 0 saturated carbocycles. The summed E-state index contributed by atoms with van der Waals surface area (Å²) in [6, 6.07) is 9.30. The summed E-state index contributed by atoms with van der Waals surface area (Å²) < 4.78 is 0. The highest BCUT2D eigenvalue weighted by Gasteiger charge is 2.15. The maximum atomic E-state index is 4.39. The summed E-state index contributed by atoms with van der Waals surface area (Å²) in [6.07, 6.45) is 4.71. The van der Waals surface area contributed by atoms with Crippen LogP contribution in [0.1, 0.15) is 51.2 Å². The lowest BCUT2D eigenvalue weighted by Gasteiger charge is -2.28. The Hall–Kier alpha value is -0.860.